The lowest BCUT2D eigenvalue weighted by Gasteiger charge is -2.23. The molecule has 1 unspecified atom stereocenters. The van der Waals surface area contributed by atoms with Gasteiger partial charge in [-0.15, -0.1) is 0 Å². The second kappa shape index (κ2) is 11.0. The number of ether oxygens (including phenoxy) is 1. The van der Waals surface area contributed by atoms with E-state index in [1.54, 1.807) is 48.2 Å². The summed E-state index contributed by atoms with van der Waals surface area (Å²) in [6.07, 6.45) is 0.483. The molecule has 1 saturated heterocycles. The van der Waals surface area contributed by atoms with E-state index in [2.05, 4.69) is 5.32 Å². The van der Waals surface area contributed by atoms with Gasteiger partial charge in [0, 0.05) is 18.8 Å². The number of anilines is 1. The van der Waals surface area contributed by atoms with E-state index in [1.165, 1.54) is 17.0 Å². The molecular formula is C24H26FN3O4S. The van der Waals surface area contributed by atoms with Crippen molar-refractivity contribution in [3.8, 4) is 0 Å². The van der Waals surface area contributed by atoms with Gasteiger partial charge in [-0.25, -0.2) is 9.18 Å². The zero-order chi connectivity index (χ0) is 24.0. The highest BCUT2D eigenvalue weighted by molar-refractivity contribution is 7.80. The largest absolute Gasteiger partial charge is 0.462 e. The fourth-order valence-corrected chi connectivity index (χ4v) is 4.07. The van der Waals surface area contributed by atoms with E-state index in [4.69, 9.17) is 17.0 Å². The van der Waals surface area contributed by atoms with Crippen LogP contribution in [0.3, 0.4) is 0 Å². The summed E-state index contributed by atoms with van der Waals surface area (Å²) in [5.74, 6) is -1.30. The molecule has 1 aliphatic heterocycles. The number of likely N-dealkylation sites (N-methyl/N-ethyl adjacent to an activating group) is 1. The van der Waals surface area contributed by atoms with Crippen molar-refractivity contribution in [3.05, 3.63) is 65.5 Å². The second-order valence-electron chi connectivity index (χ2n) is 7.50. The van der Waals surface area contributed by atoms with Crippen LogP contribution in [0.15, 0.2) is 48.5 Å². The molecule has 2 aromatic rings. The summed E-state index contributed by atoms with van der Waals surface area (Å²) in [5.41, 5.74) is 1.80. The minimum atomic E-state index is -0.711. The highest BCUT2D eigenvalue weighted by atomic mass is 32.1. The minimum absolute atomic E-state index is 0.0709. The zero-order valence-corrected chi connectivity index (χ0v) is 19.4. The van der Waals surface area contributed by atoms with E-state index in [0.717, 1.165) is 5.56 Å². The molecule has 1 heterocycles. The van der Waals surface area contributed by atoms with Gasteiger partial charge >= 0.3 is 5.97 Å². The van der Waals surface area contributed by atoms with Crippen LogP contribution in [0.5, 0.6) is 0 Å². The lowest BCUT2D eigenvalue weighted by Crippen LogP contribution is -2.39. The Morgan fingerprint density at radius 2 is 1.76 bits per heavy atom. The van der Waals surface area contributed by atoms with E-state index in [0.29, 0.717) is 35.9 Å². The van der Waals surface area contributed by atoms with Gasteiger partial charge in [-0.3, -0.25) is 14.5 Å². The monoisotopic (exact) mass is 471 g/mol. The molecule has 2 aromatic carbocycles. The Morgan fingerprint density at radius 1 is 1.09 bits per heavy atom. The predicted octanol–water partition coefficient (Wildman–Crippen LogP) is 3.39. The Bertz CT molecular complexity index is 1030. The topological polar surface area (TPSA) is 78.9 Å². The number of carbonyl (C=O) groups excluding carboxylic acids is 3. The molecular weight excluding hydrogens is 445 g/mol. The Hall–Kier alpha value is -3.33. The van der Waals surface area contributed by atoms with Crippen molar-refractivity contribution >= 4 is 40.8 Å². The molecule has 33 heavy (non-hydrogen) atoms. The quantitative estimate of drug-likeness (QED) is 0.446. The fourth-order valence-electron chi connectivity index (χ4n) is 3.63. The van der Waals surface area contributed by atoms with Crippen molar-refractivity contribution in [3.63, 3.8) is 0 Å². The molecule has 0 aromatic heterocycles. The smallest absolute Gasteiger partial charge is 0.338 e. The number of nitrogens with one attached hydrogen (secondary N) is 1. The van der Waals surface area contributed by atoms with Crippen molar-refractivity contribution in [1.29, 1.82) is 0 Å². The van der Waals surface area contributed by atoms with Gasteiger partial charge in [0.05, 0.1) is 18.6 Å². The van der Waals surface area contributed by atoms with Crippen LogP contribution in [0.2, 0.25) is 0 Å². The first-order valence-electron chi connectivity index (χ1n) is 10.8. The first-order valence-corrected chi connectivity index (χ1v) is 11.2. The number of hydrogen-bond acceptors (Lipinski definition) is 5. The van der Waals surface area contributed by atoms with E-state index >= 15 is 0 Å². The van der Waals surface area contributed by atoms with Crippen LogP contribution in [0.4, 0.5) is 10.1 Å². The lowest BCUT2D eigenvalue weighted by atomic mass is 10.1. The summed E-state index contributed by atoms with van der Waals surface area (Å²) in [6.45, 7) is 4.68. The van der Waals surface area contributed by atoms with Crippen LogP contribution in [-0.2, 0) is 20.7 Å². The molecule has 0 spiro atoms. The Morgan fingerprint density at radius 3 is 2.36 bits per heavy atom. The molecule has 1 fully saturated rings. The number of benzene rings is 2. The number of rotatable bonds is 9. The van der Waals surface area contributed by atoms with Crippen LogP contribution in [-0.4, -0.2) is 58.4 Å². The normalized spacial score (nSPS) is 15.7. The summed E-state index contributed by atoms with van der Waals surface area (Å²) in [6, 6.07) is 11.8. The molecule has 0 aliphatic carbocycles. The van der Waals surface area contributed by atoms with Crippen LogP contribution in [0.1, 0.15) is 36.2 Å². The van der Waals surface area contributed by atoms with Crippen LogP contribution in [0.25, 0.3) is 0 Å². The Kier molecular flexibility index (Phi) is 8.11. The molecule has 0 saturated carbocycles. The van der Waals surface area contributed by atoms with Crippen molar-refractivity contribution in [2.75, 3.05) is 25.0 Å². The highest BCUT2D eigenvalue weighted by Gasteiger charge is 2.42. The summed E-state index contributed by atoms with van der Waals surface area (Å²) >= 11 is 5.49. The number of thiocarbonyl (C=S) groups is 1. The van der Waals surface area contributed by atoms with Crippen LogP contribution >= 0.6 is 12.2 Å². The number of hydrogen-bond donors (Lipinski definition) is 1. The van der Waals surface area contributed by atoms with Crippen molar-refractivity contribution in [2.45, 2.75) is 32.7 Å². The van der Waals surface area contributed by atoms with Crippen LogP contribution < -0.4 is 5.32 Å². The number of halogens is 1. The number of amides is 2. The number of nitrogens with zero attached hydrogens (tertiary/aromatic N) is 2. The summed E-state index contributed by atoms with van der Waals surface area (Å²) in [4.78, 5) is 40.6. The molecule has 1 atom stereocenters. The van der Waals surface area contributed by atoms with E-state index in [-0.39, 0.29) is 30.7 Å². The molecule has 7 nitrogen and oxygen atoms in total. The maximum atomic E-state index is 13.2. The van der Waals surface area contributed by atoms with Gasteiger partial charge in [0.2, 0.25) is 5.91 Å². The van der Waals surface area contributed by atoms with Gasteiger partial charge in [0.15, 0.2) is 5.11 Å². The van der Waals surface area contributed by atoms with Crippen LogP contribution in [0, 0.1) is 5.82 Å². The lowest BCUT2D eigenvalue weighted by molar-refractivity contribution is -0.130. The van der Waals surface area contributed by atoms with E-state index in [1.807, 2.05) is 6.92 Å². The maximum Gasteiger partial charge on any atom is 0.338 e. The molecule has 0 bridgehead atoms. The molecule has 2 amide bonds. The van der Waals surface area contributed by atoms with E-state index < -0.39 is 12.0 Å². The third kappa shape index (κ3) is 5.92. The zero-order valence-electron chi connectivity index (χ0n) is 18.5. The minimum Gasteiger partial charge on any atom is -0.462 e. The number of carbonyl (C=O) groups is 3. The van der Waals surface area contributed by atoms with Crippen molar-refractivity contribution < 1.29 is 23.5 Å². The van der Waals surface area contributed by atoms with Gasteiger partial charge in [0.1, 0.15) is 11.9 Å². The molecule has 1 aliphatic rings. The molecule has 9 heteroatoms. The molecule has 3 rings (SSSR count). The second-order valence-corrected chi connectivity index (χ2v) is 7.87. The Balaban J connectivity index is 1.66. The van der Waals surface area contributed by atoms with Gasteiger partial charge in [-0.2, -0.15) is 0 Å². The number of esters is 1. The highest BCUT2D eigenvalue weighted by Crippen LogP contribution is 2.22. The van der Waals surface area contributed by atoms with E-state index in [9.17, 15) is 18.8 Å². The summed E-state index contributed by atoms with van der Waals surface area (Å²) in [7, 11) is 0. The van der Waals surface area contributed by atoms with Gasteiger partial charge in [-0.05, 0) is 74.4 Å². The fraction of sp³-hybridized carbons (Fsp3) is 0.333. The van der Waals surface area contributed by atoms with Gasteiger partial charge < -0.3 is 15.0 Å². The Labute approximate surface area is 197 Å². The first kappa shape index (κ1) is 24.3. The van der Waals surface area contributed by atoms with Gasteiger partial charge in [0.25, 0.3) is 5.91 Å². The molecule has 1 N–H and O–H groups in total. The standard InChI is InChI=1S/C24H26FN3O4S/c1-3-27-22(30)20(28(24(27)33)14-13-16-5-9-18(25)10-6-16)15-21(29)26-19-11-7-17(8-12-19)23(31)32-4-2/h5-12,20H,3-4,13-15H2,1-2H3,(H,26,29). The first-order chi connectivity index (χ1) is 15.8. The third-order valence-electron chi connectivity index (χ3n) is 5.33. The molecule has 174 valence electrons. The summed E-state index contributed by atoms with van der Waals surface area (Å²) in [5, 5.41) is 3.15. The third-order valence-corrected chi connectivity index (χ3v) is 5.79. The molecule has 0 radical (unpaired) electrons. The SMILES string of the molecule is CCOC(=O)c1ccc(NC(=O)CC2C(=O)N(CC)C(=S)N2CCc2ccc(F)cc2)cc1. The summed E-state index contributed by atoms with van der Waals surface area (Å²) < 4.78 is 18.1. The van der Waals surface area contributed by atoms with Crippen molar-refractivity contribution in [1.82, 2.24) is 9.80 Å². The maximum absolute atomic E-state index is 13.2. The predicted molar refractivity (Wildman–Crippen MR) is 126 cm³/mol. The average Bonchev–Trinajstić information content (AvgIpc) is 3.02. The van der Waals surface area contributed by atoms with Gasteiger partial charge in [-0.1, -0.05) is 12.1 Å². The average molecular weight is 472 g/mol. The van der Waals surface area contributed by atoms with Crippen molar-refractivity contribution in [2.24, 2.45) is 0 Å².